The Balaban J connectivity index is 1.53. The first-order chi connectivity index (χ1) is 20.5. The van der Waals surface area contributed by atoms with Crippen LogP contribution in [0.1, 0.15) is 76.3 Å². The van der Waals surface area contributed by atoms with Gasteiger partial charge in [-0.1, -0.05) is 13.8 Å². The standard InChI is InChI=1S/C33H46N2O8/c1-18(38)6-5-7-27(39)35(16-20-8-9-21-14-24(20)33(21,2)3)25-15-23(32(41)34-10-11-36)28-22-12-19(17-37)13-26(42-4)30(22)43-31(28)29(25)40/h12-13,15,20-21,24-25,28-29,31,36-37,40H,5-11,14,16-17H2,1-4H3,(H,34,41)/t20-,21-,24-,25+,28-,29-,31-/m0/s1. The van der Waals surface area contributed by atoms with Crippen molar-refractivity contribution in [2.45, 2.75) is 90.1 Å². The fraction of sp³-hybridized carbons (Fsp3) is 0.667. The van der Waals surface area contributed by atoms with Crippen molar-refractivity contribution in [1.29, 1.82) is 0 Å². The summed E-state index contributed by atoms with van der Waals surface area (Å²) >= 11 is 0. The van der Waals surface area contributed by atoms with Crippen molar-refractivity contribution in [3.63, 3.8) is 0 Å². The van der Waals surface area contributed by atoms with E-state index in [9.17, 15) is 29.7 Å². The maximum atomic E-state index is 13.9. The summed E-state index contributed by atoms with van der Waals surface area (Å²) in [5, 5.41) is 34.0. The molecule has 1 aliphatic heterocycles. The van der Waals surface area contributed by atoms with Crippen LogP contribution in [0, 0.1) is 23.2 Å². The highest BCUT2D eigenvalue weighted by Gasteiger charge is 2.56. The zero-order chi connectivity index (χ0) is 31.1. The number of hydrogen-bond acceptors (Lipinski definition) is 8. The van der Waals surface area contributed by atoms with Gasteiger partial charge >= 0.3 is 0 Å². The molecule has 0 unspecified atom stereocenters. The number of nitrogens with one attached hydrogen (secondary N) is 1. The number of aliphatic hydroxyl groups excluding tert-OH is 3. The SMILES string of the molecule is COc1cc(CO)cc2c1O[C@@H]1[C@@H](O)[C@H](N(C[C@@H]3CC[C@H]4C[C@@H]3C4(C)C)C(=O)CCCC(C)=O)C=C(C(=O)NCCO)[C@H]21. The summed E-state index contributed by atoms with van der Waals surface area (Å²) in [6.07, 6.45) is 3.77. The van der Waals surface area contributed by atoms with E-state index in [-0.39, 0.29) is 49.2 Å². The number of Topliss-reactive ketones (excluding diaryl/α,β-unsaturated/α-hetero) is 1. The third-order valence-corrected chi connectivity index (χ3v) is 10.5. The molecule has 1 aromatic rings. The van der Waals surface area contributed by atoms with Gasteiger partial charge in [0.1, 0.15) is 18.0 Å². The van der Waals surface area contributed by atoms with E-state index >= 15 is 0 Å². The second-order valence-electron chi connectivity index (χ2n) is 13.3. The van der Waals surface area contributed by atoms with Gasteiger partial charge in [-0.15, -0.1) is 0 Å². The lowest BCUT2D eigenvalue weighted by molar-refractivity contribution is -0.146. The summed E-state index contributed by atoms with van der Waals surface area (Å²) in [4.78, 5) is 40.9. The van der Waals surface area contributed by atoms with E-state index in [4.69, 9.17) is 9.47 Å². The molecule has 0 aromatic heterocycles. The van der Waals surface area contributed by atoms with E-state index < -0.39 is 30.1 Å². The van der Waals surface area contributed by atoms with Gasteiger partial charge < -0.3 is 39.8 Å². The second-order valence-corrected chi connectivity index (χ2v) is 13.3. The lowest BCUT2D eigenvalue weighted by Gasteiger charge is -2.61. The smallest absolute Gasteiger partial charge is 0.247 e. The van der Waals surface area contributed by atoms with Crippen LogP contribution in [0.5, 0.6) is 11.5 Å². The van der Waals surface area contributed by atoms with E-state index in [1.165, 1.54) is 14.0 Å². The van der Waals surface area contributed by atoms with Crippen LogP contribution in [0.3, 0.4) is 0 Å². The topological polar surface area (TPSA) is 146 Å². The fourth-order valence-electron chi connectivity index (χ4n) is 8.07. The molecule has 2 amide bonds. The van der Waals surface area contributed by atoms with Gasteiger partial charge in [-0.05, 0) is 79.5 Å². The number of carbonyl (C=O) groups is 3. The molecule has 236 valence electrons. The Labute approximate surface area is 253 Å². The Bertz CT molecular complexity index is 1270. The van der Waals surface area contributed by atoms with Crippen LogP contribution in [0.15, 0.2) is 23.8 Å². The molecule has 6 rings (SSSR count). The number of carbonyl (C=O) groups excluding carboxylic acids is 3. The number of fused-ring (bicyclic) bond motifs is 5. The largest absolute Gasteiger partial charge is 0.493 e. The Kier molecular flexibility index (Phi) is 9.20. The Morgan fingerprint density at radius 1 is 1.16 bits per heavy atom. The number of ether oxygens (including phenoxy) is 2. The van der Waals surface area contributed by atoms with Crippen molar-refractivity contribution in [1.82, 2.24) is 10.2 Å². The third kappa shape index (κ3) is 5.81. The minimum atomic E-state index is -1.16. The molecule has 4 aliphatic carbocycles. The second kappa shape index (κ2) is 12.6. The maximum Gasteiger partial charge on any atom is 0.247 e. The highest BCUT2D eigenvalue weighted by atomic mass is 16.5. The number of ketones is 1. The van der Waals surface area contributed by atoms with Crippen LogP contribution >= 0.6 is 0 Å². The molecule has 5 aliphatic rings. The predicted molar refractivity (Wildman–Crippen MR) is 158 cm³/mol. The van der Waals surface area contributed by atoms with Crippen molar-refractivity contribution < 1.29 is 39.2 Å². The van der Waals surface area contributed by atoms with Crippen LogP contribution in [0.25, 0.3) is 0 Å². The molecule has 0 spiro atoms. The van der Waals surface area contributed by atoms with Gasteiger partial charge in [-0.25, -0.2) is 0 Å². The number of nitrogens with zero attached hydrogens (tertiary/aromatic N) is 1. The fourth-order valence-corrected chi connectivity index (χ4v) is 8.07. The highest BCUT2D eigenvalue weighted by Crippen LogP contribution is 2.61. The summed E-state index contributed by atoms with van der Waals surface area (Å²) in [6, 6.07) is 2.58. The number of benzene rings is 1. The molecule has 3 saturated carbocycles. The Morgan fingerprint density at radius 2 is 1.93 bits per heavy atom. The van der Waals surface area contributed by atoms with Crippen LogP contribution in [0.2, 0.25) is 0 Å². The van der Waals surface area contributed by atoms with E-state index in [1.807, 2.05) is 0 Å². The quantitative estimate of drug-likeness (QED) is 0.287. The lowest BCUT2D eigenvalue weighted by Crippen LogP contribution is -2.59. The van der Waals surface area contributed by atoms with E-state index in [2.05, 4.69) is 19.2 Å². The minimum Gasteiger partial charge on any atom is -0.493 e. The average Bonchev–Trinajstić information content (AvgIpc) is 3.38. The summed E-state index contributed by atoms with van der Waals surface area (Å²) in [6.45, 7) is 6.12. The van der Waals surface area contributed by atoms with Gasteiger partial charge in [0.25, 0.3) is 0 Å². The Morgan fingerprint density at radius 3 is 2.56 bits per heavy atom. The van der Waals surface area contributed by atoms with Gasteiger partial charge in [0, 0.05) is 37.1 Å². The van der Waals surface area contributed by atoms with Crippen molar-refractivity contribution in [2.24, 2.45) is 23.2 Å². The highest BCUT2D eigenvalue weighted by molar-refractivity contribution is 5.96. The number of aliphatic hydroxyl groups is 3. The van der Waals surface area contributed by atoms with Gasteiger partial charge in [-0.2, -0.15) is 0 Å². The average molecular weight is 599 g/mol. The molecule has 0 radical (unpaired) electrons. The number of rotatable bonds is 12. The third-order valence-electron chi connectivity index (χ3n) is 10.5. The molecule has 1 heterocycles. The van der Waals surface area contributed by atoms with Gasteiger partial charge in [0.15, 0.2) is 11.5 Å². The summed E-state index contributed by atoms with van der Waals surface area (Å²) in [5.41, 5.74) is 1.72. The number of methoxy groups -OCH3 is 1. The van der Waals surface area contributed by atoms with E-state index in [0.29, 0.717) is 59.4 Å². The van der Waals surface area contributed by atoms with Crippen LogP contribution < -0.4 is 14.8 Å². The molecule has 0 saturated heterocycles. The summed E-state index contributed by atoms with van der Waals surface area (Å²) < 4.78 is 11.9. The van der Waals surface area contributed by atoms with Gasteiger partial charge in [-0.3, -0.25) is 9.59 Å². The van der Waals surface area contributed by atoms with E-state index in [0.717, 1.165) is 19.3 Å². The first-order valence-electron chi connectivity index (χ1n) is 15.6. The first kappa shape index (κ1) is 31.5. The maximum absolute atomic E-state index is 13.9. The van der Waals surface area contributed by atoms with Crippen LogP contribution in [-0.2, 0) is 21.0 Å². The van der Waals surface area contributed by atoms with Crippen molar-refractivity contribution in [2.75, 3.05) is 26.8 Å². The predicted octanol–water partition coefficient (Wildman–Crippen LogP) is 2.47. The summed E-state index contributed by atoms with van der Waals surface area (Å²) in [5.74, 6) is 0.967. The molecule has 3 fully saturated rings. The van der Waals surface area contributed by atoms with Crippen molar-refractivity contribution in [3.8, 4) is 11.5 Å². The molecule has 10 nitrogen and oxygen atoms in total. The molecule has 1 aromatic carbocycles. The lowest BCUT2D eigenvalue weighted by atomic mass is 9.45. The molecule has 10 heteroatoms. The van der Waals surface area contributed by atoms with Gasteiger partial charge in [0.05, 0.1) is 32.3 Å². The van der Waals surface area contributed by atoms with Crippen molar-refractivity contribution >= 4 is 17.6 Å². The monoisotopic (exact) mass is 598 g/mol. The van der Waals surface area contributed by atoms with Crippen molar-refractivity contribution in [3.05, 3.63) is 34.9 Å². The Hall–Kier alpha value is -2.95. The molecule has 7 atom stereocenters. The zero-order valence-electron chi connectivity index (χ0n) is 25.7. The first-order valence-corrected chi connectivity index (χ1v) is 15.6. The normalized spacial score (nSPS) is 29.7. The van der Waals surface area contributed by atoms with Crippen LogP contribution in [-0.4, -0.2) is 82.9 Å². The molecule has 43 heavy (non-hydrogen) atoms. The van der Waals surface area contributed by atoms with Gasteiger partial charge in [0.2, 0.25) is 11.8 Å². The molecule has 4 N–H and O–H groups in total. The zero-order valence-corrected chi connectivity index (χ0v) is 25.7. The summed E-state index contributed by atoms with van der Waals surface area (Å²) in [7, 11) is 1.49. The molecular formula is C33H46N2O8. The van der Waals surface area contributed by atoms with Crippen LogP contribution in [0.4, 0.5) is 0 Å². The number of amides is 2. The van der Waals surface area contributed by atoms with E-state index in [1.54, 1.807) is 23.1 Å². The molecular weight excluding hydrogens is 552 g/mol. The number of hydrogen-bond donors (Lipinski definition) is 4. The molecule has 2 bridgehead atoms. The minimum absolute atomic E-state index is 0.0190.